The Kier molecular flexibility index (Phi) is 6.71. The molecule has 1 aromatic heterocycles. The van der Waals surface area contributed by atoms with Gasteiger partial charge < -0.3 is 14.4 Å². The van der Waals surface area contributed by atoms with Gasteiger partial charge in [0.25, 0.3) is 0 Å². The van der Waals surface area contributed by atoms with Crippen molar-refractivity contribution in [1.29, 1.82) is 0 Å². The minimum absolute atomic E-state index is 0.550. The molecule has 4 nitrogen and oxygen atoms in total. The Morgan fingerprint density at radius 2 is 2.06 bits per heavy atom. The Bertz CT molecular complexity index is 296. The third-order valence-corrected chi connectivity index (χ3v) is 3.30. The number of hydrogen-bond donors (Lipinski definition) is 0. The molecular weight excluding hydrogens is 248 g/mol. The van der Waals surface area contributed by atoms with Crippen molar-refractivity contribution < 1.29 is 9.47 Å². The summed E-state index contributed by atoms with van der Waals surface area (Å²) in [4.78, 5) is 6.42. The zero-order chi connectivity index (χ0) is 11.8. The molecule has 0 radical (unpaired) electrons. The third kappa shape index (κ3) is 4.65. The van der Waals surface area contributed by atoms with Crippen LogP contribution in [-0.2, 0) is 9.47 Å². The predicted molar refractivity (Wildman–Crippen MR) is 67.7 cm³/mol. The molecular formula is C10H17ClN2O2S. The van der Waals surface area contributed by atoms with Gasteiger partial charge >= 0.3 is 0 Å². The molecule has 92 valence electrons. The molecule has 0 amide bonds. The lowest BCUT2D eigenvalue weighted by atomic mass is 10.4. The van der Waals surface area contributed by atoms with Gasteiger partial charge in [-0.15, -0.1) is 11.3 Å². The minimum Gasteiger partial charge on any atom is -0.385 e. The second kappa shape index (κ2) is 7.84. The summed E-state index contributed by atoms with van der Waals surface area (Å²) in [6.45, 7) is 3.16. The second-order valence-corrected chi connectivity index (χ2v) is 4.50. The fourth-order valence-electron chi connectivity index (χ4n) is 1.29. The van der Waals surface area contributed by atoms with Crippen LogP contribution in [-0.4, -0.2) is 45.5 Å². The van der Waals surface area contributed by atoms with Crippen molar-refractivity contribution in [3.8, 4) is 0 Å². The van der Waals surface area contributed by atoms with Crippen LogP contribution < -0.4 is 4.90 Å². The van der Waals surface area contributed by atoms with E-state index >= 15 is 0 Å². The summed E-state index contributed by atoms with van der Waals surface area (Å²) in [5.41, 5.74) is 0. The molecule has 0 fully saturated rings. The maximum absolute atomic E-state index is 5.82. The van der Waals surface area contributed by atoms with Gasteiger partial charge in [0.1, 0.15) is 5.15 Å². The van der Waals surface area contributed by atoms with Gasteiger partial charge in [0.15, 0.2) is 5.13 Å². The summed E-state index contributed by atoms with van der Waals surface area (Å²) >= 11 is 7.37. The van der Waals surface area contributed by atoms with Crippen molar-refractivity contribution in [3.63, 3.8) is 0 Å². The molecule has 0 N–H and O–H groups in total. The van der Waals surface area contributed by atoms with Crippen LogP contribution in [0.4, 0.5) is 5.13 Å². The molecule has 0 saturated heterocycles. The van der Waals surface area contributed by atoms with E-state index in [4.69, 9.17) is 21.1 Å². The lowest BCUT2D eigenvalue weighted by Gasteiger charge is -2.21. The highest BCUT2D eigenvalue weighted by molar-refractivity contribution is 7.14. The molecule has 0 unspecified atom stereocenters. The quantitative estimate of drug-likeness (QED) is 0.675. The van der Waals surface area contributed by atoms with Crippen LogP contribution in [0.2, 0.25) is 5.15 Å². The highest BCUT2D eigenvalue weighted by Crippen LogP contribution is 2.23. The summed E-state index contributed by atoms with van der Waals surface area (Å²) < 4.78 is 10.1. The molecule has 0 aliphatic carbocycles. The van der Waals surface area contributed by atoms with Crippen molar-refractivity contribution >= 4 is 28.1 Å². The maximum Gasteiger partial charge on any atom is 0.186 e. The molecule has 0 bridgehead atoms. The predicted octanol–water partition coefficient (Wildman–Crippen LogP) is 2.29. The van der Waals surface area contributed by atoms with Crippen molar-refractivity contribution in [2.24, 2.45) is 0 Å². The van der Waals surface area contributed by atoms with Crippen LogP contribution in [0.15, 0.2) is 5.38 Å². The smallest absolute Gasteiger partial charge is 0.186 e. The summed E-state index contributed by atoms with van der Waals surface area (Å²) in [5, 5.41) is 3.33. The minimum atomic E-state index is 0.550. The first-order chi connectivity index (χ1) is 7.77. The van der Waals surface area contributed by atoms with Gasteiger partial charge in [-0.25, -0.2) is 4.98 Å². The SMILES string of the molecule is COCCCN(CCOC)c1nc(Cl)cs1. The molecule has 0 spiro atoms. The zero-order valence-corrected chi connectivity index (χ0v) is 11.2. The summed E-state index contributed by atoms with van der Waals surface area (Å²) in [5.74, 6) is 0. The van der Waals surface area contributed by atoms with Crippen LogP contribution in [0.1, 0.15) is 6.42 Å². The molecule has 1 heterocycles. The number of anilines is 1. The summed E-state index contributed by atoms with van der Waals surface area (Å²) in [7, 11) is 3.40. The highest BCUT2D eigenvalue weighted by Gasteiger charge is 2.09. The average molecular weight is 265 g/mol. The van der Waals surface area contributed by atoms with Gasteiger partial charge in [0.05, 0.1) is 6.61 Å². The number of methoxy groups -OCH3 is 2. The number of halogens is 1. The van der Waals surface area contributed by atoms with Crippen LogP contribution in [0.25, 0.3) is 0 Å². The average Bonchev–Trinajstić information content (AvgIpc) is 2.70. The second-order valence-electron chi connectivity index (χ2n) is 3.28. The van der Waals surface area contributed by atoms with E-state index in [-0.39, 0.29) is 0 Å². The molecule has 0 aliphatic rings. The topological polar surface area (TPSA) is 34.6 Å². The Hall–Kier alpha value is -0.360. The van der Waals surface area contributed by atoms with E-state index in [0.717, 1.165) is 31.2 Å². The Morgan fingerprint density at radius 1 is 1.31 bits per heavy atom. The number of nitrogens with zero attached hydrogens (tertiary/aromatic N) is 2. The van der Waals surface area contributed by atoms with E-state index in [0.29, 0.717) is 11.8 Å². The van der Waals surface area contributed by atoms with Crippen molar-refractivity contribution in [3.05, 3.63) is 10.5 Å². The van der Waals surface area contributed by atoms with Crippen molar-refractivity contribution in [1.82, 2.24) is 4.98 Å². The molecule has 1 rings (SSSR count). The molecule has 6 heteroatoms. The van der Waals surface area contributed by atoms with Gasteiger partial charge in [-0.05, 0) is 6.42 Å². The summed E-state index contributed by atoms with van der Waals surface area (Å²) in [6, 6.07) is 0. The lowest BCUT2D eigenvalue weighted by molar-refractivity contribution is 0.191. The van der Waals surface area contributed by atoms with Crippen LogP contribution in [0.3, 0.4) is 0 Å². The Labute approximate surface area is 105 Å². The number of aromatic nitrogens is 1. The standard InChI is InChI=1S/C10H17ClN2O2S/c1-14-6-3-4-13(5-7-15-2)10-12-9(11)8-16-10/h8H,3-7H2,1-2H3. The molecule has 0 saturated carbocycles. The molecule has 0 atom stereocenters. The summed E-state index contributed by atoms with van der Waals surface area (Å²) in [6.07, 6.45) is 0.970. The number of thiazole rings is 1. The van der Waals surface area contributed by atoms with Crippen LogP contribution >= 0.6 is 22.9 Å². The Balaban J connectivity index is 2.49. The van der Waals surface area contributed by atoms with Gasteiger partial charge in [-0.1, -0.05) is 11.6 Å². The first-order valence-corrected chi connectivity index (χ1v) is 6.37. The fraction of sp³-hybridized carbons (Fsp3) is 0.700. The number of ether oxygens (including phenoxy) is 2. The van der Waals surface area contributed by atoms with E-state index in [1.54, 1.807) is 25.6 Å². The normalized spacial score (nSPS) is 10.7. The van der Waals surface area contributed by atoms with Gasteiger partial charge in [-0.3, -0.25) is 0 Å². The third-order valence-electron chi connectivity index (χ3n) is 2.08. The van der Waals surface area contributed by atoms with E-state index in [1.165, 1.54) is 0 Å². The van der Waals surface area contributed by atoms with Gasteiger partial charge in [-0.2, -0.15) is 0 Å². The van der Waals surface area contributed by atoms with Crippen molar-refractivity contribution in [2.75, 3.05) is 45.4 Å². The van der Waals surface area contributed by atoms with Crippen molar-refractivity contribution in [2.45, 2.75) is 6.42 Å². The van der Waals surface area contributed by atoms with Crippen LogP contribution in [0, 0.1) is 0 Å². The first-order valence-electron chi connectivity index (χ1n) is 5.11. The first kappa shape index (κ1) is 13.7. The van der Waals surface area contributed by atoms with Gasteiger partial charge in [0, 0.05) is 39.3 Å². The Morgan fingerprint density at radius 3 is 2.62 bits per heavy atom. The molecule has 1 aromatic rings. The maximum atomic E-state index is 5.82. The molecule has 0 aromatic carbocycles. The lowest BCUT2D eigenvalue weighted by Crippen LogP contribution is -2.28. The van der Waals surface area contributed by atoms with E-state index < -0.39 is 0 Å². The molecule has 0 aliphatic heterocycles. The number of hydrogen-bond acceptors (Lipinski definition) is 5. The van der Waals surface area contributed by atoms with E-state index in [9.17, 15) is 0 Å². The monoisotopic (exact) mass is 264 g/mol. The highest BCUT2D eigenvalue weighted by atomic mass is 35.5. The number of rotatable bonds is 8. The largest absolute Gasteiger partial charge is 0.385 e. The van der Waals surface area contributed by atoms with Crippen LogP contribution in [0.5, 0.6) is 0 Å². The zero-order valence-electron chi connectivity index (χ0n) is 9.61. The fourth-order valence-corrected chi connectivity index (χ4v) is 2.30. The van der Waals surface area contributed by atoms with E-state index in [1.807, 2.05) is 5.38 Å². The van der Waals surface area contributed by atoms with Gasteiger partial charge in [0.2, 0.25) is 0 Å². The molecule has 16 heavy (non-hydrogen) atoms. The van der Waals surface area contributed by atoms with E-state index in [2.05, 4.69) is 9.88 Å².